The van der Waals surface area contributed by atoms with E-state index in [0.29, 0.717) is 10.9 Å². The Morgan fingerprint density at radius 3 is 3.15 bits per heavy atom. The third-order valence-electron chi connectivity index (χ3n) is 3.88. The van der Waals surface area contributed by atoms with Crippen molar-refractivity contribution in [1.29, 1.82) is 0 Å². The van der Waals surface area contributed by atoms with Crippen LogP contribution in [0.4, 0.5) is 0 Å². The van der Waals surface area contributed by atoms with Crippen molar-refractivity contribution in [2.75, 3.05) is 19.6 Å². The topological polar surface area (TPSA) is 69.7 Å². The number of β-amino-alcohol motifs (C(OH)–C–C–N with tert-alkyl or cyclic N) is 1. The van der Waals surface area contributed by atoms with Crippen LogP contribution in [0.1, 0.15) is 25.0 Å². The van der Waals surface area contributed by atoms with Crippen molar-refractivity contribution in [3.63, 3.8) is 0 Å². The lowest BCUT2D eigenvalue weighted by molar-refractivity contribution is 0.0702. The van der Waals surface area contributed by atoms with Crippen LogP contribution in [0, 0.1) is 0 Å². The lowest BCUT2D eigenvalue weighted by atomic mass is 10.1. The van der Waals surface area contributed by atoms with E-state index in [0.717, 1.165) is 51.0 Å². The summed E-state index contributed by atoms with van der Waals surface area (Å²) in [5.41, 5.74) is 1.71. The van der Waals surface area contributed by atoms with E-state index >= 15 is 0 Å². The minimum atomic E-state index is -0.160. The number of likely N-dealkylation sites (tertiary alicyclic amines) is 1. The highest BCUT2D eigenvalue weighted by molar-refractivity contribution is 5.82. The molecule has 2 N–H and O–H groups in total. The van der Waals surface area contributed by atoms with Gasteiger partial charge >= 0.3 is 0 Å². The molecule has 0 radical (unpaired) electrons. The molecule has 0 aliphatic carbocycles. The molecule has 1 atom stereocenters. The summed E-state index contributed by atoms with van der Waals surface area (Å²) in [6.45, 7) is 2.87. The normalized spacial score (nSPS) is 20.6. The third kappa shape index (κ3) is 2.94. The zero-order valence-corrected chi connectivity index (χ0v) is 11.5. The van der Waals surface area contributed by atoms with E-state index in [4.69, 9.17) is 4.42 Å². The lowest BCUT2D eigenvalue weighted by Gasteiger charge is -2.29. The number of aromatic hydroxyl groups is 1. The average molecular weight is 276 g/mol. The zero-order valence-electron chi connectivity index (χ0n) is 11.5. The summed E-state index contributed by atoms with van der Waals surface area (Å²) >= 11 is 0. The van der Waals surface area contributed by atoms with Crippen molar-refractivity contribution in [1.82, 2.24) is 9.88 Å². The standard InChI is InChI=1S/C15H20N2O3/c18-12-4-2-8-17(9-12)7-1-3-11-5-6-13-14(16-11)10-20-15(13)19/h5-6,10,12,18-19H,1-4,7-9H2. The second-order valence-corrected chi connectivity index (χ2v) is 5.48. The molecule has 5 nitrogen and oxygen atoms in total. The maximum Gasteiger partial charge on any atom is 0.291 e. The summed E-state index contributed by atoms with van der Waals surface area (Å²) in [6.07, 6.45) is 5.25. The summed E-state index contributed by atoms with van der Waals surface area (Å²) < 4.78 is 4.94. The van der Waals surface area contributed by atoms with Gasteiger partial charge in [-0.2, -0.15) is 0 Å². The van der Waals surface area contributed by atoms with E-state index in [1.54, 1.807) is 0 Å². The molecule has 2 aromatic rings. The van der Waals surface area contributed by atoms with Gasteiger partial charge in [0.25, 0.3) is 5.95 Å². The molecule has 2 aromatic heterocycles. The summed E-state index contributed by atoms with van der Waals surface area (Å²) in [6, 6.07) is 3.78. The highest BCUT2D eigenvalue weighted by atomic mass is 16.5. The number of hydrogen-bond acceptors (Lipinski definition) is 5. The van der Waals surface area contributed by atoms with E-state index in [1.165, 1.54) is 6.26 Å². The number of aryl methyl sites for hydroxylation is 1. The summed E-state index contributed by atoms with van der Waals surface area (Å²) in [5.74, 6) is -0.0682. The molecule has 108 valence electrons. The number of pyridine rings is 1. The number of rotatable bonds is 4. The fourth-order valence-corrected chi connectivity index (χ4v) is 2.82. The molecule has 1 unspecified atom stereocenters. The van der Waals surface area contributed by atoms with Gasteiger partial charge < -0.3 is 19.5 Å². The Kier molecular flexibility index (Phi) is 3.89. The first-order chi connectivity index (χ1) is 9.72. The molecule has 0 saturated carbocycles. The molecule has 0 aromatic carbocycles. The van der Waals surface area contributed by atoms with Crippen LogP contribution in [0.5, 0.6) is 5.95 Å². The van der Waals surface area contributed by atoms with Crippen molar-refractivity contribution in [2.24, 2.45) is 0 Å². The number of furan rings is 1. The molecule has 0 bridgehead atoms. The van der Waals surface area contributed by atoms with Gasteiger partial charge in [0.2, 0.25) is 0 Å². The van der Waals surface area contributed by atoms with Crippen LogP contribution in [0.15, 0.2) is 22.8 Å². The Morgan fingerprint density at radius 2 is 2.30 bits per heavy atom. The minimum absolute atomic E-state index is 0.0682. The van der Waals surface area contributed by atoms with Gasteiger partial charge in [0.15, 0.2) is 0 Å². The van der Waals surface area contributed by atoms with Crippen molar-refractivity contribution in [3.8, 4) is 5.95 Å². The molecule has 3 rings (SSSR count). The Morgan fingerprint density at radius 1 is 1.40 bits per heavy atom. The fourth-order valence-electron chi connectivity index (χ4n) is 2.82. The van der Waals surface area contributed by atoms with E-state index in [1.807, 2.05) is 12.1 Å². The SMILES string of the molecule is Oc1occ2nc(CCCN3CCCC(O)C3)ccc12. The van der Waals surface area contributed by atoms with E-state index < -0.39 is 0 Å². The molecular weight excluding hydrogens is 256 g/mol. The van der Waals surface area contributed by atoms with Gasteiger partial charge in [-0.3, -0.25) is 0 Å². The number of aliphatic hydroxyl groups is 1. The highest BCUT2D eigenvalue weighted by Gasteiger charge is 2.16. The van der Waals surface area contributed by atoms with E-state index in [-0.39, 0.29) is 12.1 Å². The van der Waals surface area contributed by atoms with Crippen LogP contribution in [-0.2, 0) is 6.42 Å². The number of piperidine rings is 1. The van der Waals surface area contributed by atoms with Gasteiger partial charge in [0, 0.05) is 12.2 Å². The second-order valence-electron chi connectivity index (χ2n) is 5.48. The number of nitrogens with zero attached hydrogens (tertiary/aromatic N) is 2. The molecular formula is C15H20N2O3. The van der Waals surface area contributed by atoms with E-state index in [9.17, 15) is 10.2 Å². The Hall–Kier alpha value is -1.59. The fraction of sp³-hybridized carbons (Fsp3) is 0.533. The monoisotopic (exact) mass is 276 g/mol. The van der Waals surface area contributed by atoms with Crippen LogP contribution in [0.25, 0.3) is 10.9 Å². The first-order valence-corrected chi connectivity index (χ1v) is 7.19. The van der Waals surface area contributed by atoms with E-state index in [2.05, 4.69) is 9.88 Å². The largest absolute Gasteiger partial charge is 0.480 e. The maximum absolute atomic E-state index is 9.63. The van der Waals surface area contributed by atoms with Gasteiger partial charge in [-0.25, -0.2) is 4.98 Å². The lowest BCUT2D eigenvalue weighted by Crippen LogP contribution is -2.38. The molecule has 0 amide bonds. The predicted octanol–water partition coefficient (Wildman–Crippen LogP) is 1.92. The predicted molar refractivity (Wildman–Crippen MR) is 75.7 cm³/mol. The highest BCUT2D eigenvalue weighted by Crippen LogP contribution is 2.25. The average Bonchev–Trinajstić information content (AvgIpc) is 2.80. The zero-order chi connectivity index (χ0) is 13.9. The van der Waals surface area contributed by atoms with Crippen LogP contribution in [0.3, 0.4) is 0 Å². The second kappa shape index (κ2) is 5.81. The van der Waals surface area contributed by atoms with Crippen molar-refractivity contribution in [2.45, 2.75) is 31.8 Å². The van der Waals surface area contributed by atoms with Crippen LogP contribution < -0.4 is 0 Å². The molecule has 20 heavy (non-hydrogen) atoms. The van der Waals surface area contributed by atoms with Gasteiger partial charge in [0.1, 0.15) is 11.8 Å². The molecule has 0 spiro atoms. The first-order valence-electron chi connectivity index (χ1n) is 7.19. The third-order valence-corrected chi connectivity index (χ3v) is 3.88. The van der Waals surface area contributed by atoms with Crippen LogP contribution in [-0.4, -0.2) is 45.8 Å². The maximum atomic E-state index is 9.63. The van der Waals surface area contributed by atoms with Gasteiger partial charge in [-0.05, 0) is 50.9 Å². The number of hydrogen-bond donors (Lipinski definition) is 2. The minimum Gasteiger partial charge on any atom is -0.480 e. The number of fused-ring (bicyclic) bond motifs is 1. The Bertz CT molecular complexity index is 582. The van der Waals surface area contributed by atoms with Crippen LogP contribution >= 0.6 is 0 Å². The van der Waals surface area contributed by atoms with Crippen molar-refractivity contribution >= 4 is 10.9 Å². The van der Waals surface area contributed by atoms with Gasteiger partial charge in [-0.1, -0.05) is 0 Å². The van der Waals surface area contributed by atoms with Crippen molar-refractivity contribution in [3.05, 3.63) is 24.1 Å². The summed E-state index contributed by atoms with van der Waals surface area (Å²) in [7, 11) is 0. The summed E-state index contributed by atoms with van der Waals surface area (Å²) in [4.78, 5) is 6.79. The van der Waals surface area contributed by atoms with Crippen molar-refractivity contribution < 1.29 is 14.6 Å². The number of aliphatic hydroxyl groups excluding tert-OH is 1. The molecule has 1 fully saturated rings. The smallest absolute Gasteiger partial charge is 0.291 e. The molecule has 5 heteroatoms. The molecule has 1 aliphatic rings. The summed E-state index contributed by atoms with van der Waals surface area (Å²) in [5, 5.41) is 19.7. The van der Waals surface area contributed by atoms with Gasteiger partial charge in [-0.15, -0.1) is 0 Å². The quantitative estimate of drug-likeness (QED) is 0.893. The molecule has 1 aliphatic heterocycles. The first kappa shape index (κ1) is 13.4. The molecule has 1 saturated heterocycles. The van der Waals surface area contributed by atoms with Gasteiger partial charge in [0.05, 0.1) is 11.5 Å². The number of aromatic nitrogens is 1. The Balaban J connectivity index is 1.54. The molecule has 3 heterocycles. The Labute approximate surface area is 117 Å². The van der Waals surface area contributed by atoms with Crippen LogP contribution in [0.2, 0.25) is 0 Å².